The molecule has 0 bridgehead atoms. The molecule has 0 nitrogen and oxygen atoms in total. The molecular weight excluding hydrogens is 216 g/mol. The van der Waals surface area contributed by atoms with Gasteiger partial charge in [0.05, 0.1) is 0 Å². The number of rotatable bonds is 6. The average Bonchev–Trinajstić information content (AvgIpc) is 2.46. The standard InChI is InChI=1S/C16H26.C2H6/c1-5-13(3)12-16(14(4)6-2)15-10-8-7-9-11-15;1-2/h7-11,13-14,16H,5-6,12H2,1-4H3;1-2H3. The van der Waals surface area contributed by atoms with Gasteiger partial charge in [-0.25, -0.2) is 0 Å². The third kappa shape index (κ3) is 5.71. The van der Waals surface area contributed by atoms with Crippen LogP contribution in [0.15, 0.2) is 30.3 Å². The van der Waals surface area contributed by atoms with Gasteiger partial charge in [0.2, 0.25) is 0 Å². The van der Waals surface area contributed by atoms with Gasteiger partial charge in [0.1, 0.15) is 0 Å². The Kier molecular flexibility index (Phi) is 9.73. The first-order valence-electron chi connectivity index (χ1n) is 7.73. The minimum atomic E-state index is 0.737. The molecule has 0 fully saturated rings. The quantitative estimate of drug-likeness (QED) is 0.556. The van der Waals surface area contributed by atoms with E-state index in [1.807, 2.05) is 13.8 Å². The van der Waals surface area contributed by atoms with E-state index in [1.165, 1.54) is 24.8 Å². The molecule has 3 unspecified atom stereocenters. The topological polar surface area (TPSA) is 0 Å². The molecule has 1 aromatic rings. The second-order valence-corrected chi connectivity index (χ2v) is 5.15. The first-order chi connectivity index (χ1) is 8.69. The zero-order valence-corrected chi connectivity index (χ0v) is 13.2. The van der Waals surface area contributed by atoms with Crippen molar-refractivity contribution in [2.75, 3.05) is 0 Å². The van der Waals surface area contributed by atoms with Gasteiger partial charge in [-0.15, -0.1) is 0 Å². The molecule has 0 aliphatic carbocycles. The molecule has 0 aliphatic heterocycles. The molecule has 0 aliphatic rings. The van der Waals surface area contributed by atoms with Crippen molar-refractivity contribution in [2.45, 2.75) is 66.7 Å². The molecule has 1 aromatic carbocycles. The van der Waals surface area contributed by atoms with E-state index in [4.69, 9.17) is 0 Å². The van der Waals surface area contributed by atoms with Crippen LogP contribution >= 0.6 is 0 Å². The van der Waals surface area contributed by atoms with Crippen molar-refractivity contribution >= 4 is 0 Å². The summed E-state index contributed by atoms with van der Waals surface area (Å²) in [5.41, 5.74) is 1.53. The third-order valence-corrected chi connectivity index (χ3v) is 3.91. The highest BCUT2D eigenvalue weighted by Crippen LogP contribution is 2.33. The van der Waals surface area contributed by atoms with Crippen LogP contribution in [0.4, 0.5) is 0 Å². The zero-order chi connectivity index (χ0) is 14.0. The van der Waals surface area contributed by atoms with Crippen molar-refractivity contribution in [2.24, 2.45) is 11.8 Å². The lowest BCUT2D eigenvalue weighted by Gasteiger charge is -2.26. The summed E-state index contributed by atoms with van der Waals surface area (Å²) in [4.78, 5) is 0. The lowest BCUT2D eigenvalue weighted by molar-refractivity contribution is 0.359. The fourth-order valence-corrected chi connectivity index (χ4v) is 2.28. The fraction of sp³-hybridized carbons (Fsp3) is 0.667. The predicted molar refractivity (Wildman–Crippen MR) is 84.1 cm³/mol. The van der Waals surface area contributed by atoms with Crippen LogP contribution in [0.5, 0.6) is 0 Å². The molecule has 1 rings (SSSR count). The van der Waals surface area contributed by atoms with Gasteiger partial charge in [0.25, 0.3) is 0 Å². The lowest BCUT2D eigenvalue weighted by atomic mass is 9.79. The Balaban J connectivity index is 0.00000137. The molecule has 0 aromatic heterocycles. The molecule has 0 radical (unpaired) electrons. The van der Waals surface area contributed by atoms with Gasteiger partial charge in [-0.2, -0.15) is 0 Å². The van der Waals surface area contributed by atoms with Gasteiger partial charge in [0.15, 0.2) is 0 Å². The van der Waals surface area contributed by atoms with Crippen molar-refractivity contribution in [3.8, 4) is 0 Å². The summed E-state index contributed by atoms with van der Waals surface area (Å²) in [6.45, 7) is 13.4. The molecule has 0 amide bonds. The summed E-state index contributed by atoms with van der Waals surface area (Å²) in [6, 6.07) is 11.0. The maximum absolute atomic E-state index is 2.39. The number of benzene rings is 1. The molecule has 0 heterocycles. The van der Waals surface area contributed by atoms with Gasteiger partial charge in [-0.05, 0) is 29.7 Å². The Morgan fingerprint density at radius 3 is 1.89 bits per heavy atom. The van der Waals surface area contributed by atoms with Crippen molar-refractivity contribution < 1.29 is 0 Å². The van der Waals surface area contributed by atoms with Crippen LogP contribution < -0.4 is 0 Å². The summed E-state index contributed by atoms with van der Waals surface area (Å²) >= 11 is 0. The van der Waals surface area contributed by atoms with E-state index in [0.29, 0.717) is 0 Å². The zero-order valence-electron chi connectivity index (χ0n) is 13.2. The summed E-state index contributed by atoms with van der Waals surface area (Å²) in [6.07, 6.45) is 3.89. The highest BCUT2D eigenvalue weighted by molar-refractivity contribution is 5.20. The highest BCUT2D eigenvalue weighted by atomic mass is 14.2. The summed E-state index contributed by atoms with van der Waals surface area (Å²) in [7, 11) is 0. The Morgan fingerprint density at radius 1 is 0.889 bits per heavy atom. The summed E-state index contributed by atoms with van der Waals surface area (Å²) < 4.78 is 0. The van der Waals surface area contributed by atoms with Gasteiger partial charge in [0, 0.05) is 0 Å². The largest absolute Gasteiger partial charge is 0.0683 e. The first kappa shape index (κ1) is 17.2. The molecule has 0 saturated heterocycles. The van der Waals surface area contributed by atoms with E-state index >= 15 is 0 Å². The minimum Gasteiger partial charge on any atom is -0.0683 e. The van der Waals surface area contributed by atoms with Gasteiger partial charge < -0.3 is 0 Å². The van der Waals surface area contributed by atoms with E-state index in [1.54, 1.807) is 0 Å². The van der Waals surface area contributed by atoms with Gasteiger partial charge >= 0.3 is 0 Å². The Labute approximate surface area is 115 Å². The summed E-state index contributed by atoms with van der Waals surface area (Å²) in [5, 5.41) is 0. The normalized spacial score (nSPS) is 15.2. The molecule has 0 spiro atoms. The van der Waals surface area contributed by atoms with Crippen LogP contribution in [-0.2, 0) is 0 Å². The first-order valence-corrected chi connectivity index (χ1v) is 7.73. The monoisotopic (exact) mass is 248 g/mol. The van der Waals surface area contributed by atoms with Gasteiger partial charge in [-0.1, -0.05) is 84.7 Å². The molecular formula is C18H32. The Hall–Kier alpha value is -0.780. The fourth-order valence-electron chi connectivity index (χ4n) is 2.28. The van der Waals surface area contributed by atoms with E-state index in [-0.39, 0.29) is 0 Å². The van der Waals surface area contributed by atoms with Gasteiger partial charge in [-0.3, -0.25) is 0 Å². The number of hydrogen-bond donors (Lipinski definition) is 0. The second-order valence-electron chi connectivity index (χ2n) is 5.15. The van der Waals surface area contributed by atoms with Crippen LogP contribution in [-0.4, -0.2) is 0 Å². The van der Waals surface area contributed by atoms with Crippen LogP contribution in [0.25, 0.3) is 0 Å². The van der Waals surface area contributed by atoms with Crippen molar-refractivity contribution in [1.82, 2.24) is 0 Å². The van der Waals surface area contributed by atoms with Crippen molar-refractivity contribution in [3.05, 3.63) is 35.9 Å². The maximum atomic E-state index is 2.39. The van der Waals surface area contributed by atoms with E-state index in [0.717, 1.165) is 17.8 Å². The van der Waals surface area contributed by atoms with Crippen LogP contribution in [0.2, 0.25) is 0 Å². The van der Waals surface area contributed by atoms with Crippen LogP contribution in [0.1, 0.15) is 72.3 Å². The minimum absolute atomic E-state index is 0.737. The SMILES string of the molecule is CC.CCC(C)CC(c1ccccc1)C(C)CC. The molecule has 0 saturated carbocycles. The second kappa shape index (κ2) is 10.2. The smallest absolute Gasteiger partial charge is 0.0134 e. The molecule has 0 heteroatoms. The Morgan fingerprint density at radius 2 is 1.44 bits per heavy atom. The maximum Gasteiger partial charge on any atom is -0.0134 e. The van der Waals surface area contributed by atoms with Crippen LogP contribution in [0.3, 0.4) is 0 Å². The molecule has 18 heavy (non-hydrogen) atoms. The van der Waals surface area contributed by atoms with Crippen LogP contribution in [0, 0.1) is 11.8 Å². The third-order valence-electron chi connectivity index (χ3n) is 3.91. The lowest BCUT2D eigenvalue weighted by Crippen LogP contribution is -2.12. The van der Waals surface area contributed by atoms with E-state index in [2.05, 4.69) is 58.0 Å². The molecule has 3 atom stereocenters. The predicted octanol–water partition coefficient (Wildman–Crippen LogP) is 6.28. The van der Waals surface area contributed by atoms with E-state index < -0.39 is 0 Å². The van der Waals surface area contributed by atoms with Crippen molar-refractivity contribution in [1.29, 1.82) is 0 Å². The average molecular weight is 248 g/mol. The number of hydrogen-bond acceptors (Lipinski definition) is 0. The summed E-state index contributed by atoms with van der Waals surface area (Å²) in [5.74, 6) is 2.36. The van der Waals surface area contributed by atoms with Crippen molar-refractivity contribution in [3.63, 3.8) is 0 Å². The molecule has 0 N–H and O–H groups in total. The highest BCUT2D eigenvalue weighted by Gasteiger charge is 2.19. The molecule has 104 valence electrons. The van der Waals surface area contributed by atoms with E-state index in [9.17, 15) is 0 Å². The Bertz CT molecular complexity index is 275.